The monoisotopic (exact) mass is 445 g/mol. The zero-order valence-electron chi connectivity index (χ0n) is 19.5. The van der Waals surface area contributed by atoms with Crippen LogP contribution in [0.15, 0.2) is 35.5 Å². The summed E-state index contributed by atoms with van der Waals surface area (Å²) >= 11 is 0. The van der Waals surface area contributed by atoms with Crippen LogP contribution in [0.3, 0.4) is 0 Å². The van der Waals surface area contributed by atoms with Crippen molar-refractivity contribution in [1.29, 1.82) is 0 Å². The number of benzene rings is 1. The number of esters is 1. The Balaban J connectivity index is 2.07. The first-order chi connectivity index (χ1) is 15.4. The molecule has 2 N–H and O–H groups in total. The number of rotatable bonds is 12. The summed E-state index contributed by atoms with van der Waals surface area (Å²) < 4.78 is 10.2. The summed E-state index contributed by atoms with van der Waals surface area (Å²) in [5.74, 6) is -0.517. The van der Waals surface area contributed by atoms with E-state index in [1.54, 1.807) is 38.2 Å². The third-order valence-electron chi connectivity index (χ3n) is 5.53. The maximum Gasteiger partial charge on any atom is 0.338 e. The molecule has 0 aliphatic carbocycles. The van der Waals surface area contributed by atoms with Crippen LogP contribution in [0.4, 0.5) is 10.5 Å². The number of hydrogen-bond acceptors (Lipinski definition) is 5. The van der Waals surface area contributed by atoms with E-state index >= 15 is 0 Å². The smallest absolute Gasteiger partial charge is 0.338 e. The Morgan fingerprint density at radius 3 is 2.44 bits per heavy atom. The van der Waals surface area contributed by atoms with E-state index in [4.69, 9.17) is 9.47 Å². The summed E-state index contributed by atoms with van der Waals surface area (Å²) in [4.78, 5) is 38.6. The third kappa shape index (κ3) is 7.09. The molecule has 0 spiro atoms. The van der Waals surface area contributed by atoms with Crippen LogP contribution in [0.25, 0.3) is 0 Å². The van der Waals surface area contributed by atoms with E-state index in [1.165, 1.54) is 24.9 Å². The van der Waals surface area contributed by atoms with Crippen LogP contribution in [0, 0.1) is 0 Å². The number of urea groups is 1. The molecular weight excluding hydrogens is 410 g/mol. The predicted molar refractivity (Wildman–Crippen MR) is 123 cm³/mol. The fourth-order valence-corrected chi connectivity index (χ4v) is 3.52. The van der Waals surface area contributed by atoms with Gasteiger partial charge in [0.1, 0.15) is 6.61 Å². The summed E-state index contributed by atoms with van der Waals surface area (Å²) in [6.07, 6.45) is 5.97. The number of nitrogens with zero attached hydrogens (tertiary/aromatic N) is 1. The van der Waals surface area contributed by atoms with E-state index in [9.17, 15) is 14.4 Å². The molecule has 1 heterocycles. The molecule has 0 bridgehead atoms. The Hall–Kier alpha value is -2.87. The van der Waals surface area contributed by atoms with Crippen molar-refractivity contribution in [2.24, 2.45) is 0 Å². The van der Waals surface area contributed by atoms with E-state index in [1.807, 2.05) is 0 Å². The molecule has 1 aliphatic heterocycles. The van der Waals surface area contributed by atoms with Gasteiger partial charge in [0.05, 0.1) is 18.2 Å². The molecule has 8 heteroatoms. The molecule has 2 rings (SSSR count). The van der Waals surface area contributed by atoms with Gasteiger partial charge in [-0.15, -0.1) is 0 Å². The Kier molecular flexibility index (Phi) is 10.2. The second kappa shape index (κ2) is 12.9. The van der Waals surface area contributed by atoms with Gasteiger partial charge in [0.25, 0.3) is 0 Å². The van der Waals surface area contributed by atoms with Crippen molar-refractivity contribution in [3.8, 4) is 0 Å². The fourth-order valence-electron chi connectivity index (χ4n) is 3.52. The van der Waals surface area contributed by atoms with Gasteiger partial charge in [0, 0.05) is 32.0 Å². The Morgan fingerprint density at radius 1 is 1.09 bits per heavy atom. The highest BCUT2D eigenvalue weighted by Gasteiger charge is 2.35. The molecule has 176 valence electrons. The lowest BCUT2D eigenvalue weighted by molar-refractivity contribution is -0.140. The lowest BCUT2D eigenvalue weighted by Gasteiger charge is -2.33. The topological polar surface area (TPSA) is 97.0 Å². The maximum absolute atomic E-state index is 12.7. The molecule has 0 saturated heterocycles. The molecule has 1 aromatic carbocycles. The van der Waals surface area contributed by atoms with Crippen LogP contribution >= 0.6 is 0 Å². The van der Waals surface area contributed by atoms with Gasteiger partial charge in [0.15, 0.2) is 0 Å². The molecule has 32 heavy (non-hydrogen) atoms. The zero-order valence-corrected chi connectivity index (χ0v) is 19.5. The fraction of sp³-hybridized carbons (Fsp3) is 0.542. The molecule has 1 aromatic rings. The van der Waals surface area contributed by atoms with Gasteiger partial charge in [-0.3, -0.25) is 4.79 Å². The first-order valence-corrected chi connectivity index (χ1v) is 11.2. The third-order valence-corrected chi connectivity index (χ3v) is 5.53. The number of carbonyl (C=O) groups excluding carboxylic acids is 3. The summed E-state index contributed by atoms with van der Waals surface area (Å²) in [6.45, 7) is 4.30. The number of methoxy groups -OCH3 is 1. The van der Waals surface area contributed by atoms with Crippen LogP contribution < -0.4 is 10.6 Å². The average molecular weight is 446 g/mol. The minimum atomic E-state index is -0.642. The molecular formula is C24H35N3O5. The number of nitrogens with one attached hydrogen (secondary N) is 2. The molecule has 3 amide bonds. The highest BCUT2D eigenvalue weighted by atomic mass is 16.6. The molecule has 8 nitrogen and oxygen atoms in total. The Labute approximate surface area is 190 Å². The minimum Gasteiger partial charge on any atom is -0.460 e. The van der Waals surface area contributed by atoms with Crippen molar-refractivity contribution in [3.63, 3.8) is 0 Å². The highest BCUT2D eigenvalue weighted by molar-refractivity contribution is 5.95. The number of amides is 3. The average Bonchev–Trinajstić information content (AvgIpc) is 2.77. The van der Waals surface area contributed by atoms with Crippen LogP contribution in [-0.2, 0) is 19.1 Å². The molecule has 0 aromatic heterocycles. The van der Waals surface area contributed by atoms with Crippen LogP contribution in [0.2, 0.25) is 0 Å². The van der Waals surface area contributed by atoms with Gasteiger partial charge < -0.3 is 25.0 Å². The van der Waals surface area contributed by atoms with Gasteiger partial charge >= 0.3 is 12.0 Å². The first kappa shape index (κ1) is 25.4. The van der Waals surface area contributed by atoms with E-state index in [0.717, 1.165) is 24.8 Å². The first-order valence-electron chi connectivity index (χ1n) is 11.2. The molecule has 1 unspecified atom stereocenters. The number of ether oxygens (including phenoxy) is 2. The van der Waals surface area contributed by atoms with Crippen molar-refractivity contribution >= 4 is 23.6 Å². The Bertz CT molecular complexity index is 819. The summed E-state index contributed by atoms with van der Waals surface area (Å²) in [7, 11) is 3.13. The number of unbranched alkanes of at least 4 members (excludes halogenated alkanes) is 4. The summed E-state index contributed by atoms with van der Waals surface area (Å²) in [5, 5.41) is 5.75. The van der Waals surface area contributed by atoms with Crippen LogP contribution in [0.1, 0.15) is 64.0 Å². The van der Waals surface area contributed by atoms with E-state index in [-0.39, 0.29) is 25.2 Å². The highest BCUT2D eigenvalue weighted by Crippen LogP contribution is 2.31. The van der Waals surface area contributed by atoms with Gasteiger partial charge in [-0.2, -0.15) is 0 Å². The second-order valence-corrected chi connectivity index (χ2v) is 7.90. The van der Waals surface area contributed by atoms with Crippen molar-refractivity contribution in [2.45, 2.75) is 58.4 Å². The number of carbonyl (C=O) groups is 3. The SMILES string of the molecule is CCCCCCCC(=O)Nc1ccc(C2NC(=O)N(C)C(C)=C2C(=O)OCCOC)cc1. The zero-order chi connectivity index (χ0) is 23.5. The minimum absolute atomic E-state index is 0.0139. The Morgan fingerprint density at radius 2 is 1.78 bits per heavy atom. The van der Waals surface area contributed by atoms with Crippen LogP contribution in [0.5, 0.6) is 0 Å². The normalized spacial score (nSPS) is 16.1. The summed E-state index contributed by atoms with van der Waals surface area (Å²) in [5.41, 5.74) is 2.30. The quantitative estimate of drug-likeness (QED) is 0.372. The van der Waals surface area contributed by atoms with Gasteiger partial charge in [-0.25, -0.2) is 9.59 Å². The van der Waals surface area contributed by atoms with Gasteiger partial charge in [-0.05, 0) is 31.0 Å². The largest absolute Gasteiger partial charge is 0.460 e. The second-order valence-electron chi connectivity index (χ2n) is 7.90. The van der Waals surface area contributed by atoms with Crippen molar-refractivity contribution < 1.29 is 23.9 Å². The van der Waals surface area contributed by atoms with Gasteiger partial charge in [-0.1, -0.05) is 44.7 Å². The number of hydrogen-bond donors (Lipinski definition) is 2. The van der Waals surface area contributed by atoms with Crippen LogP contribution in [-0.4, -0.2) is 50.2 Å². The molecule has 1 aliphatic rings. The maximum atomic E-state index is 12.7. The lowest BCUT2D eigenvalue weighted by atomic mass is 9.95. The number of anilines is 1. The predicted octanol–water partition coefficient (Wildman–Crippen LogP) is 4.15. The van der Waals surface area contributed by atoms with E-state index < -0.39 is 12.0 Å². The molecule has 0 fully saturated rings. The van der Waals surface area contributed by atoms with Gasteiger partial charge in [0.2, 0.25) is 5.91 Å². The van der Waals surface area contributed by atoms with E-state index in [2.05, 4.69) is 17.6 Å². The standard InChI is InChI=1S/C24H35N3O5/c1-5-6-7-8-9-10-20(28)25-19-13-11-18(12-14-19)22-21(23(29)32-16-15-31-4)17(2)27(3)24(30)26-22/h11-14,22H,5-10,15-16H2,1-4H3,(H,25,28)(H,26,30). The molecule has 1 atom stereocenters. The molecule has 0 radical (unpaired) electrons. The summed E-state index contributed by atoms with van der Waals surface area (Å²) in [6, 6.07) is 6.19. The molecule has 0 saturated carbocycles. The van der Waals surface area contributed by atoms with Crippen molar-refractivity contribution in [2.75, 3.05) is 32.7 Å². The van der Waals surface area contributed by atoms with Crippen molar-refractivity contribution in [3.05, 3.63) is 41.1 Å². The van der Waals surface area contributed by atoms with E-state index in [0.29, 0.717) is 23.4 Å². The van der Waals surface area contributed by atoms with Crippen molar-refractivity contribution in [1.82, 2.24) is 10.2 Å². The number of allylic oxidation sites excluding steroid dienone is 1. The lowest BCUT2D eigenvalue weighted by Crippen LogP contribution is -2.46.